The molecule has 0 bridgehead atoms. The van der Waals surface area contributed by atoms with Gasteiger partial charge in [-0.15, -0.1) is 0 Å². The number of phenolic OH excluding ortho intramolecular Hbond substituents is 2. The first kappa shape index (κ1) is 15.6. The molecule has 0 radical (unpaired) electrons. The fraction of sp³-hybridized carbons (Fsp3) is 0.550. The van der Waals surface area contributed by atoms with Crippen LogP contribution < -0.4 is 0 Å². The van der Waals surface area contributed by atoms with Crippen LogP contribution in [0.15, 0.2) is 10.5 Å². The summed E-state index contributed by atoms with van der Waals surface area (Å²) in [5.41, 5.74) is 1.63. The van der Waals surface area contributed by atoms with Gasteiger partial charge in [0.25, 0.3) is 0 Å². The summed E-state index contributed by atoms with van der Waals surface area (Å²) in [4.78, 5) is 11.5. The molecule has 3 atom stereocenters. The topological polar surface area (TPSA) is 70.7 Å². The van der Waals surface area contributed by atoms with Crippen molar-refractivity contribution in [2.45, 2.75) is 57.8 Å². The van der Waals surface area contributed by atoms with Gasteiger partial charge < -0.3 is 14.6 Å². The monoisotopic (exact) mass is 328 g/mol. The number of aromatic hydroxyl groups is 2. The molecule has 1 fully saturated rings. The summed E-state index contributed by atoms with van der Waals surface area (Å²) < 4.78 is 6.08. The van der Waals surface area contributed by atoms with Crippen LogP contribution in [0.25, 0.3) is 11.0 Å². The molecule has 128 valence electrons. The second-order valence-electron chi connectivity index (χ2n) is 7.84. The molecule has 2 aromatic rings. The molecular weight excluding hydrogens is 304 g/mol. The number of carbonyl (C=O) groups is 1. The second kappa shape index (κ2) is 5.27. The Hall–Kier alpha value is -1.97. The zero-order valence-corrected chi connectivity index (χ0v) is 14.3. The van der Waals surface area contributed by atoms with Crippen molar-refractivity contribution in [2.75, 3.05) is 0 Å². The van der Waals surface area contributed by atoms with Crippen molar-refractivity contribution in [1.82, 2.24) is 0 Å². The number of hydrogen-bond acceptors (Lipinski definition) is 4. The third-order valence-corrected chi connectivity index (χ3v) is 6.51. The highest BCUT2D eigenvalue weighted by Crippen LogP contribution is 2.54. The Morgan fingerprint density at radius 3 is 2.83 bits per heavy atom. The maximum absolute atomic E-state index is 11.5. The van der Waals surface area contributed by atoms with Crippen LogP contribution in [0.3, 0.4) is 0 Å². The van der Waals surface area contributed by atoms with Gasteiger partial charge in [-0.1, -0.05) is 26.7 Å². The molecule has 4 heteroatoms. The standard InChI is InChI=1S/C20H24O4/c1-11-5-4-8-20(2)14(11)6-3-7-16-17(20)12-9-15(22)18(23)13(10-21)19(12)24-16/h9-11,14,22-23H,3-8H2,1-2H3. The Morgan fingerprint density at radius 2 is 2.08 bits per heavy atom. The summed E-state index contributed by atoms with van der Waals surface area (Å²) in [5, 5.41) is 20.9. The zero-order chi connectivity index (χ0) is 17.1. The lowest BCUT2D eigenvalue weighted by Gasteiger charge is -2.45. The van der Waals surface area contributed by atoms with Crippen molar-refractivity contribution in [1.29, 1.82) is 0 Å². The average Bonchev–Trinajstić information content (AvgIpc) is 2.82. The van der Waals surface area contributed by atoms with Gasteiger partial charge in [-0.2, -0.15) is 0 Å². The number of furan rings is 1. The second-order valence-corrected chi connectivity index (χ2v) is 7.84. The van der Waals surface area contributed by atoms with Crippen LogP contribution in [0.4, 0.5) is 0 Å². The molecular formula is C20H24O4. The van der Waals surface area contributed by atoms with E-state index in [0.29, 0.717) is 23.7 Å². The molecule has 0 saturated heterocycles. The van der Waals surface area contributed by atoms with E-state index in [9.17, 15) is 15.0 Å². The lowest BCUT2D eigenvalue weighted by Crippen LogP contribution is -2.39. The number of aryl methyl sites for hydroxylation is 1. The van der Waals surface area contributed by atoms with Crippen molar-refractivity contribution in [3.63, 3.8) is 0 Å². The van der Waals surface area contributed by atoms with E-state index >= 15 is 0 Å². The smallest absolute Gasteiger partial charge is 0.172 e. The lowest BCUT2D eigenvalue weighted by molar-refractivity contribution is 0.112. The van der Waals surface area contributed by atoms with Crippen molar-refractivity contribution in [3.05, 3.63) is 23.0 Å². The SMILES string of the molecule is CC1CCCC2(C)c3c(oc4c(C=O)c(O)c(O)cc34)CCCC12. The Morgan fingerprint density at radius 1 is 1.29 bits per heavy atom. The maximum Gasteiger partial charge on any atom is 0.172 e. The van der Waals surface area contributed by atoms with E-state index in [1.165, 1.54) is 19.3 Å². The Bertz CT molecular complexity index is 819. The molecule has 3 unspecified atom stereocenters. The van der Waals surface area contributed by atoms with Crippen molar-refractivity contribution < 1.29 is 19.4 Å². The van der Waals surface area contributed by atoms with Gasteiger partial charge in [0, 0.05) is 17.4 Å². The van der Waals surface area contributed by atoms with Gasteiger partial charge in [-0.05, 0) is 42.6 Å². The largest absolute Gasteiger partial charge is 0.504 e. The van der Waals surface area contributed by atoms with Gasteiger partial charge in [0.05, 0.1) is 0 Å². The van der Waals surface area contributed by atoms with E-state index in [0.717, 1.165) is 36.0 Å². The highest BCUT2D eigenvalue weighted by molar-refractivity contribution is 6.01. The van der Waals surface area contributed by atoms with E-state index in [1.54, 1.807) is 6.07 Å². The Kier molecular flexibility index (Phi) is 3.41. The summed E-state index contributed by atoms with van der Waals surface area (Å²) >= 11 is 0. The van der Waals surface area contributed by atoms with Gasteiger partial charge in [0.2, 0.25) is 0 Å². The summed E-state index contributed by atoms with van der Waals surface area (Å²) in [7, 11) is 0. The molecule has 0 aliphatic heterocycles. The van der Waals surface area contributed by atoms with E-state index < -0.39 is 0 Å². The van der Waals surface area contributed by atoms with Crippen LogP contribution in [0, 0.1) is 11.8 Å². The quantitative estimate of drug-likeness (QED) is 0.588. The van der Waals surface area contributed by atoms with Gasteiger partial charge >= 0.3 is 0 Å². The molecule has 4 rings (SSSR count). The number of benzene rings is 1. The maximum atomic E-state index is 11.5. The Balaban J connectivity index is 2.05. The first-order valence-corrected chi connectivity index (χ1v) is 8.93. The van der Waals surface area contributed by atoms with Crippen LogP contribution in [0.5, 0.6) is 11.5 Å². The third kappa shape index (κ3) is 1.95. The summed E-state index contributed by atoms with van der Waals surface area (Å²) in [6.07, 6.45) is 7.23. The molecule has 4 nitrogen and oxygen atoms in total. The highest BCUT2D eigenvalue weighted by atomic mass is 16.3. The van der Waals surface area contributed by atoms with E-state index in [4.69, 9.17) is 4.42 Å². The number of carbonyl (C=O) groups excluding carboxylic acids is 1. The van der Waals surface area contributed by atoms with Crippen LogP contribution in [-0.2, 0) is 11.8 Å². The Labute approximate surface area is 141 Å². The van der Waals surface area contributed by atoms with Gasteiger partial charge in [-0.25, -0.2) is 0 Å². The number of rotatable bonds is 1. The predicted molar refractivity (Wildman–Crippen MR) is 91.7 cm³/mol. The normalized spacial score (nSPS) is 29.8. The van der Waals surface area contributed by atoms with Gasteiger partial charge in [0.1, 0.15) is 16.9 Å². The van der Waals surface area contributed by atoms with Crippen molar-refractivity contribution in [2.24, 2.45) is 11.8 Å². The van der Waals surface area contributed by atoms with Crippen molar-refractivity contribution >= 4 is 17.3 Å². The molecule has 1 heterocycles. The molecule has 1 saturated carbocycles. The average molecular weight is 328 g/mol. The van der Waals surface area contributed by atoms with Gasteiger partial charge in [0.15, 0.2) is 17.8 Å². The number of fused-ring (bicyclic) bond motifs is 5. The molecule has 24 heavy (non-hydrogen) atoms. The number of phenols is 2. The number of hydrogen-bond donors (Lipinski definition) is 2. The zero-order valence-electron chi connectivity index (χ0n) is 14.3. The van der Waals surface area contributed by atoms with E-state index in [2.05, 4.69) is 13.8 Å². The first-order chi connectivity index (χ1) is 11.5. The molecule has 1 aromatic heterocycles. The molecule has 2 aliphatic rings. The minimum absolute atomic E-state index is 0.00167. The van der Waals surface area contributed by atoms with E-state index in [-0.39, 0.29) is 22.5 Å². The molecule has 1 aromatic carbocycles. The minimum Gasteiger partial charge on any atom is -0.504 e. The lowest BCUT2D eigenvalue weighted by atomic mass is 9.59. The predicted octanol–water partition coefficient (Wildman–Crippen LogP) is 4.69. The highest BCUT2D eigenvalue weighted by Gasteiger charge is 2.46. The van der Waals surface area contributed by atoms with E-state index in [1.807, 2.05) is 0 Å². The van der Waals surface area contributed by atoms with Crippen LogP contribution in [0.1, 0.15) is 67.6 Å². The first-order valence-electron chi connectivity index (χ1n) is 8.93. The molecule has 2 aliphatic carbocycles. The number of aldehydes is 1. The molecule has 0 amide bonds. The van der Waals surface area contributed by atoms with Crippen LogP contribution >= 0.6 is 0 Å². The fourth-order valence-corrected chi connectivity index (χ4v) is 5.39. The van der Waals surface area contributed by atoms with Gasteiger partial charge in [-0.3, -0.25) is 4.79 Å². The summed E-state index contributed by atoms with van der Waals surface area (Å²) in [6, 6.07) is 1.58. The minimum atomic E-state index is -0.389. The summed E-state index contributed by atoms with van der Waals surface area (Å²) in [5.74, 6) is 1.54. The van der Waals surface area contributed by atoms with Crippen molar-refractivity contribution in [3.8, 4) is 11.5 Å². The van der Waals surface area contributed by atoms with Crippen LogP contribution in [0.2, 0.25) is 0 Å². The fourth-order valence-electron chi connectivity index (χ4n) is 5.39. The third-order valence-electron chi connectivity index (χ3n) is 6.51. The molecule has 0 spiro atoms. The molecule has 2 N–H and O–H groups in total. The summed E-state index contributed by atoms with van der Waals surface area (Å²) in [6.45, 7) is 4.66. The van der Waals surface area contributed by atoms with Crippen LogP contribution in [-0.4, -0.2) is 16.5 Å².